The van der Waals surface area contributed by atoms with Crippen LogP contribution in [0.3, 0.4) is 0 Å². The number of thiazole rings is 1. The van der Waals surface area contributed by atoms with Crippen molar-refractivity contribution in [2.24, 2.45) is 10.9 Å². The topological polar surface area (TPSA) is 92.4 Å². The van der Waals surface area contributed by atoms with Crippen LogP contribution in [0.1, 0.15) is 11.3 Å². The normalized spacial score (nSPS) is 10.7. The fourth-order valence-corrected chi connectivity index (χ4v) is 2.15. The summed E-state index contributed by atoms with van der Waals surface area (Å²) < 4.78 is 0. The SMILES string of the molecule is NNC(=O)Cc1csc(NN=Cc2ccc(Cl)cc2)n1. The molecule has 0 fully saturated rings. The third kappa shape index (κ3) is 4.30. The summed E-state index contributed by atoms with van der Waals surface area (Å²) in [4.78, 5) is 15.3. The van der Waals surface area contributed by atoms with E-state index in [0.717, 1.165) is 5.56 Å². The molecule has 0 aliphatic heterocycles. The number of aromatic nitrogens is 1. The highest BCUT2D eigenvalue weighted by molar-refractivity contribution is 7.13. The molecule has 0 radical (unpaired) electrons. The van der Waals surface area contributed by atoms with Crippen molar-refractivity contribution in [2.75, 3.05) is 5.43 Å². The molecule has 0 saturated heterocycles. The van der Waals surface area contributed by atoms with Gasteiger partial charge in [0.05, 0.1) is 18.3 Å². The number of nitrogens with two attached hydrogens (primary N) is 1. The summed E-state index contributed by atoms with van der Waals surface area (Å²) >= 11 is 7.15. The molecule has 0 bridgehead atoms. The molecule has 0 aliphatic carbocycles. The van der Waals surface area contributed by atoms with Crippen LogP contribution < -0.4 is 16.7 Å². The molecular formula is C12H12ClN5OS. The molecule has 0 unspecified atom stereocenters. The van der Waals surface area contributed by atoms with Gasteiger partial charge in [0, 0.05) is 10.4 Å². The van der Waals surface area contributed by atoms with Gasteiger partial charge in [0.1, 0.15) is 0 Å². The molecule has 1 heterocycles. The summed E-state index contributed by atoms with van der Waals surface area (Å²) in [6, 6.07) is 7.28. The number of hydrazine groups is 1. The van der Waals surface area contributed by atoms with E-state index in [0.29, 0.717) is 15.8 Å². The summed E-state index contributed by atoms with van der Waals surface area (Å²) in [7, 11) is 0. The summed E-state index contributed by atoms with van der Waals surface area (Å²) in [5.74, 6) is 4.72. The molecule has 6 nitrogen and oxygen atoms in total. The van der Waals surface area contributed by atoms with E-state index in [4.69, 9.17) is 17.4 Å². The second-order valence-electron chi connectivity index (χ2n) is 3.81. The lowest BCUT2D eigenvalue weighted by molar-refractivity contribution is -0.120. The molecule has 20 heavy (non-hydrogen) atoms. The maximum atomic E-state index is 11.1. The van der Waals surface area contributed by atoms with Gasteiger partial charge in [0.25, 0.3) is 0 Å². The van der Waals surface area contributed by atoms with Crippen LogP contribution in [0.15, 0.2) is 34.7 Å². The van der Waals surface area contributed by atoms with Crippen LogP contribution in [-0.2, 0) is 11.2 Å². The minimum Gasteiger partial charge on any atom is -0.294 e. The first-order valence-electron chi connectivity index (χ1n) is 5.66. The number of hydrazone groups is 1. The summed E-state index contributed by atoms with van der Waals surface area (Å²) in [5, 5.41) is 7.12. The second kappa shape index (κ2) is 6.99. The highest BCUT2D eigenvalue weighted by Gasteiger charge is 2.05. The van der Waals surface area contributed by atoms with Gasteiger partial charge in [-0.3, -0.25) is 15.6 Å². The molecule has 1 amide bonds. The van der Waals surface area contributed by atoms with Crippen LogP contribution in [0.2, 0.25) is 5.02 Å². The Hall–Kier alpha value is -1.96. The molecular weight excluding hydrogens is 298 g/mol. The average Bonchev–Trinajstić information content (AvgIpc) is 2.88. The quantitative estimate of drug-likeness (QED) is 0.340. The van der Waals surface area contributed by atoms with Crippen LogP contribution in [0.25, 0.3) is 0 Å². The maximum absolute atomic E-state index is 11.1. The van der Waals surface area contributed by atoms with E-state index in [-0.39, 0.29) is 12.3 Å². The lowest BCUT2D eigenvalue weighted by atomic mass is 10.2. The third-order valence-corrected chi connectivity index (χ3v) is 3.35. The fourth-order valence-electron chi connectivity index (χ4n) is 1.37. The van der Waals surface area contributed by atoms with Gasteiger partial charge in [0.2, 0.25) is 11.0 Å². The van der Waals surface area contributed by atoms with E-state index in [1.807, 2.05) is 12.1 Å². The number of rotatable bonds is 5. The molecule has 0 saturated carbocycles. The van der Waals surface area contributed by atoms with Crippen molar-refractivity contribution in [2.45, 2.75) is 6.42 Å². The third-order valence-electron chi connectivity index (χ3n) is 2.30. The highest BCUT2D eigenvalue weighted by Crippen LogP contribution is 2.15. The molecule has 0 atom stereocenters. The summed E-state index contributed by atoms with van der Waals surface area (Å²) in [6.07, 6.45) is 1.81. The van der Waals surface area contributed by atoms with E-state index in [2.05, 4.69) is 20.9 Å². The van der Waals surface area contributed by atoms with Crippen molar-refractivity contribution < 1.29 is 4.79 Å². The van der Waals surface area contributed by atoms with Crippen molar-refractivity contribution in [1.29, 1.82) is 0 Å². The molecule has 4 N–H and O–H groups in total. The largest absolute Gasteiger partial charge is 0.294 e. The minimum absolute atomic E-state index is 0.148. The number of anilines is 1. The monoisotopic (exact) mass is 309 g/mol. The van der Waals surface area contributed by atoms with Gasteiger partial charge in [-0.2, -0.15) is 5.10 Å². The Bertz CT molecular complexity index is 611. The van der Waals surface area contributed by atoms with Crippen LogP contribution in [0.5, 0.6) is 0 Å². The first kappa shape index (κ1) is 14.4. The van der Waals surface area contributed by atoms with Gasteiger partial charge in [-0.15, -0.1) is 11.3 Å². The van der Waals surface area contributed by atoms with E-state index >= 15 is 0 Å². The lowest BCUT2D eigenvalue weighted by Crippen LogP contribution is -2.31. The predicted octanol–water partition coefficient (Wildman–Crippen LogP) is 1.77. The second-order valence-corrected chi connectivity index (χ2v) is 5.10. The molecule has 0 spiro atoms. The number of carbonyl (C=O) groups is 1. The zero-order valence-electron chi connectivity index (χ0n) is 10.3. The maximum Gasteiger partial charge on any atom is 0.239 e. The number of hydrogen-bond donors (Lipinski definition) is 3. The van der Waals surface area contributed by atoms with Crippen LogP contribution in [-0.4, -0.2) is 17.1 Å². The standard InChI is InChI=1S/C12H12ClN5OS/c13-9-3-1-8(2-4-9)6-15-18-12-16-10(7-20-12)5-11(19)17-14/h1-4,6-7H,5,14H2,(H,16,18)(H,17,19). The smallest absolute Gasteiger partial charge is 0.239 e. The van der Waals surface area contributed by atoms with Gasteiger partial charge in [0.15, 0.2) is 0 Å². The minimum atomic E-state index is -0.286. The van der Waals surface area contributed by atoms with Gasteiger partial charge >= 0.3 is 0 Å². The number of nitrogens with one attached hydrogen (secondary N) is 2. The van der Waals surface area contributed by atoms with E-state index in [1.165, 1.54) is 11.3 Å². The number of hydrogen-bond acceptors (Lipinski definition) is 6. The Balaban J connectivity index is 1.90. The molecule has 1 aromatic carbocycles. The Kier molecular flexibility index (Phi) is 5.05. The Morgan fingerprint density at radius 2 is 2.20 bits per heavy atom. The summed E-state index contributed by atoms with van der Waals surface area (Å²) in [5.41, 5.74) is 6.42. The fraction of sp³-hybridized carbons (Fsp3) is 0.0833. The van der Waals surface area contributed by atoms with Crippen molar-refractivity contribution in [1.82, 2.24) is 10.4 Å². The van der Waals surface area contributed by atoms with Gasteiger partial charge in [-0.25, -0.2) is 10.8 Å². The van der Waals surface area contributed by atoms with Crippen molar-refractivity contribution in [3.8, 4) is 0 Å². The number of halogens is 1. The molecule has 2 aromatic rings. The van der Waals surface area contributed by atoms with Crippen LogP contribution in [0.4, 0.5) is 5.13 Å². The molecule has 2 rings (SSSR count). The summed E-state index contributed by atoms with van der Waals surface area (Å²) in [6.45, 7) is 0. The number of nitrogens with zero attached hydrogens (tertiary/aromatic N) is 2. The van der Waals surface area contributed by atoms with Crippen molar-refractivity contribution in [3.05, 3.63) is 45.9 Å². The van der Waals surface area contributed by atoms with Crippen LogP contribution >= 0.6 is 22.9 Å². The Morgan fingerprint density at radius 1 is 1.45 bits per heavy atom. The molecule has 104 valence electrons. The first-order valence-corrected chi connectivity index (χ1v) is 6.91. The van der Waals surface area contributed by atoms with Gasteiger partial charge in [-0.1, -0.05) is 23.7 Å². The molecule has 1 aromatic heterocycles. The zero-order valence-corrected chi connectivity index (χ0v) is 11.9. The first-order chi connectivity index (χ1) is 9.67. The van der Waals surface area contributed by atoms with Crippen molar-refractivity contribution >= 4 is 40.2 Å². The average molecular weight is 310 g/mol. The highest BCUT2D eigenvalue weighted by atomic mass is 35.5. The van der Waals surface area contributed by atoms with E-state index in [9.17, 15) is 4.79 Å². The number of benzene rings is 1. The Morgan fingerprint density at radius 3 is 2.90 bits per heavy atom. The zero-order chi connectivity index (χ0) is 14.4. The number of amides is 1. The number of carbonyl (C=O) groups excluding carboxylic acids is 1. The van der Waals surface area contributed by atoms with E-state index < -0.39 is 0 Å². The van der Waals surface area contributed by atoms with Gasteiger partial charge < -0.3 is 0 Å². The van der Waals surface area contributed by atoms with E-state index in [1.54, 1.807) is 23.7 Å². The predicted molar refractivity (Wildman–Crippen MR) is 80.8 cm³/mol. The molecule has 8 heteroatoms. The lowest BCUT2D eigenvalue weighted by Gasteiger charge is -1.96. The van der Waals surface area contributed by atoms with Gasteiger partial charge in [-0.05, 0) is 17.7 Å². The molecule has 0 aliphatic rings. The van der Waals surface area contributed by atoms with Crippen LogP contribution in [0, 0.1) is 0 Å². The van der Waals surface area contributed by atoms with Crippen molar-refractivity contribution in [3.63, 3.8) is 0 Å². The Labute approximate surface area is 124 Å².